The number of ether oxygens (including phenoxy) is 1. The molecule has 0 fully saturated rings. The molecule has 0 spiro atoms. The molecular formula is C33H36ClN3O5. The minimum absolute atomic E-state index is 0.0153. The Hall–Kier alpha value is -4.48. The van der Waals surface area contributed by atoms with Crippen molar-refractivity contribution in [2.75, 3.05) is 5.32 Å². The molecule has 0 saturated carbocycles. The van der Waals surface area contributed by atoms with Crippen molar-refractivity contribution in [1.29, 1.82) is 0 Å². The number of nitrogens with one attached hydrogen (secondary N) is 2. The maximum absolute atomic E-state index is 14.2. The third-order valence-corrected chi connectivity index (χ3v) is 6.88. The van der Waals surface area contributed by atoms with Gasteiger partial charge < -0.3 is 20.5 Å². The van der Waals surface area contributed by atoms with Gasteiger partial charge in [-0.15, -0.1) is 0 Å². The Balaban J connectivity index is 2.07. The summed E-state index contributed by atoms with van der Waals surface area (Å²) in [6.07, 6.45) is 5.12. The SMILES string of the molecule is C#CN(C(=O)C(Cc1ccc(O)cc1)NC(=O)OC(C)(C)C)C(C(=O)Nc1c(C)cccc1Cl)c1ccc(C)c(C)c1. The number of phenols is 1. The number of rotatable bonds is 8. The Labute approximate surface area is 252 Å². The molecule has 0 saturated heterocycles. The van der Waals surface area contributed by atoms with Crippen molar-refractivity contribution in [3.8, 4) is 18.2 Å². The molecule has 3 amide bonds. The third kappa shape index (κ3) is 8.27. The summed E-state index contributed by atoms with van der Waals surface area (Å²) in [5, 5.41) is 15.5. The van der Waals surface area contributed by atoms with Gasteiger partial charge in [0.15, 0.2) is 0 Å². The van der Waals surface area contributed by atoms with Crippen LogP contribution in [0.2, 0.25) is 5.02 Å². The second-order valence-corrected chi connectivity index (χ2v) is 11.5. The Bertz CT molecular complexity index is 1490. The summed E-state index contributed by atoms with van der Waals surface area (Å²) >= 11 is 6.39. The lowest BCUT2D eigenvalue weighted by atomic mass is 9.97. The van der Waals surface area contributed by atoms with Crippen LogP contribution in [0.4, 0.5) is 10.5 Å². The Morgan fingerprint density at radius 2 is 1.67 bits per heavy atom. The normalized spacial score (nSPS) is 12.4. The van der Waals surface area contributed by atoms with Gasteiger partial charge in [0, 0.05) is 12.5 Å². The lowest BCUT2D eigenvalue weighted by molar-refractivity contribution is -0.136. The Kier molecular flexibility index (Phi) is 10.3. The highest BCUT2D eigenvalue weighted by Crippen LogP contribution is 2.30. The van der Waals surface area contributed by atoms with Gasteiger partial charge >= 0.3 is 6.09 Å². The van der Waals surface area contributed by atoms with Crippen LogP contribution in [-0.2, 0) is 20.7 Å². The molecule has 3 aromatic rings. The highest BCUT2D eigenvalue weighted by Gasteiger charge is 2.36. The number of nitrogens with zero attached hydrogens (tertiary/aromatic N) is 1. The number of para-hydroxylation sites is 1. The topological polar surface area (TPSA) is 108 Å². The molecule has 0 aliphatic rings. The van der Waals surface area contributed by atoms with Gasteiger partial charge in [0.05, 0.1) is 10.7 Å². The smallest absolute Gasteiger partial charge is 0.408 e. The monoisotopic (exact) mass is 589 g/mol. The fourth-order valence-electron chi connectivity index (χ4n) is 4.29. The van der Waals surface area contributed by atoms with Gasteiger partial charge in [0.2, 0.25) is 0 Å². The van der Waals surface area contributed by atoms with Crippen LogP contribution >= 0.6 is 11.6 Å². The maximum Gasteiger partial charge on any atom is 0.408 e. The molecule has 3 aromatic carbocycles. The molecule has 220 valence electrons. The number of alkyl carbamates (subject to hydrolysis) is 1. The van der Waals surface area contributed by atoms with Crippen LogP contribution in [0.25, 0.3) is 0 Å². The van der Waals surface area contributed by atoms with E-state index >= 15 is 0 Å². The number of anilines is 1. The van der Waals surface area contributed by atoms with Crippen LogP contribution < -0.4 is 10.6 Å². The molecule has 0 heterocycles. The van der Waals surface area contributed by atoms with Crippen LogP contribution in [0.3, 0.4) is 0 Å². The minimum Gasteiger partial charge on any atom is -0.508 e. The van der Waals surface area contributed by atoms with Gasteiger partial charge in [-0.3, -0.25) is 14.5 Å². The van der Waals surface area contributed by atoms with E-state index in [4.69, 9.17) is 22.8 Å². The quantitative estimate of drug-likeness (QED) is 0.214. The first-order valence-corrected chi connectivity index (χ1v) is 13.8. The number of carbonyl (C=O) groups is 3. The average Bonchev–Trinajstić information content (AvgIpc) is 2.90. The molecule has 2 atom stereocenters. The molecule has 3 N–H and O–H groups in total. The minimum atomic E-state index is -1.26. The fourth-order valence-corrected chi connectivity index (χ4v) is 4.55. The zero-order chi connectivity index (χ0) is 31.2. The zero-order valence-corrected chi connectivity index (χ0v) is 25.4. The third-order valence-electron chi connectivity index (χ3n) is 6.57. The van der Waals surface area contributed by atoms with Gasteiger partial charge in [-0.2, -0.15) is 0 Å². The lowest BCUT2D eigenvalue weighted by Crippen LogP contribution is -2.51. The summed E-state index contributed by atoms with van der Waals surface area (Å²) in [6.45, 7) is 10.7. The highest BCUT2D eigenvalue weighted by atomic mass is 35.5. The first-order valence-electron chi connectivity index (χ1n) is 13.4. The van der Waals surface area contributed by atoms with E-state index in [1.165, 1.54) is 12.1 Å². The number of hydrogen-bond acceptors (Lipinski definition) is 5. The second kappa shape index (κ2) is 13.5. The van der Waals surface area contributed by atoms with E-state index in [1.807, 2.05) is 19.9 Å². The van der Waals surface area contributed by atoms with Crippen LogP contribution in [0.15, 0.2) is 60.7 Å². The maximum atomic E-state index is 14.2. The molecule has 0 aliphatic carbocycles. The van der Waals surface area contributed by atoms with Crippen molar-refractivity contribution in [2.24, 2.45) is 0 Å². The summed E-state index contributed by atoms with van der Waals surface area (Å²) in [7, 11) is 0. The van der Waals surface area contributed by atoms with Crippen molar-refractivity contribution in [2.45, 2.75) is 65.6 Å². The second-order valence-electron chi connectivity index (χ2n) is 11.1. The van der Waals surface area contributed by atoms with E-state index in [1.54, 1.807) is 70.2 Å². The molecule has 3 rings (SSSR count). The van der Waals surface area contributed by atoms with Crippen molar-refractivity contribution in [1.82, 2.24) is 10.2 Å². The number of halogens is 1. The van der Waals surface area contributed by atoms with Crippen LogP contribution in [0.5, 0.6) is 5.75 Å². The summed E-state index contributed by atoms with van der Waals surface area (Å²) < 4.78 is 5.41. The molecule has 0 radical (unpaired) electrons. The zero-order valence-electron chi connectivity index (χ0n) is 24.6. The number of carbonyl (C=O) groups excluding carboxylic acids is 3. The molecule has 0 bridgehead atoms. The number of hydrogen-bond donors (Lipinski definition) is 3. The standard InChI is InChI=1S/C33H36ClN3O5/c1-8-37(31(40)27(35-32(41)42-33(5,6)7)19-23-13-16-25(38)17-14-23)29(24-15-12-20(2)22(4)18-24)30(39)36-28-21(3)10-9-11-26(28)34/h1,9-18,27,29,38H,19H2,2-7H3,(H,35,41)(H,36,39). The summed E-state index contributed by atoms with van der Waals surface area (Å²) in [4.78, 5) is 41.9. The number of phenolic OH excluding ortho intramolecular Hbond substituents is 1. The van der Waals surface area contributed by atoms with E-state index in [9.17, 15) is 19.5 Å². The van der Waals surface area contributed by atoms with Gasteiger partial charge in [-0.05, 0) is 87.6 Å². The van der Waals surface area contributed by atoms with Crippen LogP contribution in [0, 0.1) is 33.2 Å². The van der Waals surface area contributed by atoms with Gasteiger partial charge in [0.1, 0.15) is 23.4 Å². The van der Waals surface area contributed by atoms with E-state index in [2.05, 4.69) is 16.7 Å². The number of terminal acetylenes is 1. The van der Waals surface area contributed by atoms with Crippen molar-refractivity contribution >= 4 is 35.2 Å². The van der Waals surface area contributed by atoms with Crippen LogP contribution in [-0.4, -0.2) is 39.6 Å². The van der Waals surface area contributed by atoms with E-state index in [0.717, 1.165) is 21.6 Å². The number of aryl methyl sites for hydroxylation is 3. The van der Waals surface area contributed by atoms with Crippen molar-refractivity contribution < 1.29 is 24.2 Å². The van der Waals surface area contributed by atoms with E-state index in [0.29, 0.717) is 21.8 Å². The Morgan fingerprint density at radius 3 is 2.24 bits per heavy atom. The molecular weight excluding hydrogens is 554 g/mol. The highest BCUT2D eigenvalue weighted by molar-refractivity contribution is 6.34. The van der Waals surface area contributed by atoms with E-state index in [-0.39, 0.29) is 12.2 Å². The predicted octanol–water partition coefficient (Wildman–Crippen LogP) is 6.21. The summed E-state index contributed by atoms with van der Waals surface area (Å²) in [5.74, 6) is -1.24. The van der Waals surface area contributed by atoms with Crippen molar-refractivity contribution in [3.05, 3.63) is 93.5 Å². The molecule has 8 nitrogen and oxygen atoms in total. The molecule has 2 unspecified atom stereocenters. The van der Waals surface area contributed by atoms with Gasteiger partial charge in [-0.1, -0.05) is 60.5 Å². The summed E-state index contributed by atoms with van der Waals surface area (Å²) in [6, 6.07) is 16.7. The lowest BCUT2D eigenvalue weighted by Gasteiger charge is -2.31. The fraction of sp³-hybridized carbons (Fsp3) is 0.303. The first-order chi connectivity index (χ1) is 19.7. The number of amides is 3. The predicted molar refractivity (Wildman–Crippen MR) is 164 cm³/mol. The number of aromatic hydroxyl groups is 1. The van der Waals surface area contributed by atoms with E-state index < -0.39 is 35.6 Å². The molecule has 9 heteroatoms. The van der Waals surface area contributed by atoms with Crippen molar-refractivity contribution in [3.63, 3.8) is 0 Å². The molecule has 0 aliphatic heterocycles. The average molecular weight is 590 g/mol. The number of benzene rings is 3. The van der Waals surface area contributed by atoms with Crippen LogP contribution in [0.1, 0.15) is 54.6 Å². The summed E-state index contributed by atoms with van der Waals surface area (Å²) in [5.41, 5.74) is 3.31. The molecule has 42 heavy (non-hydrogen) atoms. The van der Waals surface area contributed by atoms with Gasteiger partial charge in [-0.25, -0.2) is 4.79 Å². The molecule has 0 aromatic heterocycles. The Morgan fingerprint density at radius 1 is 1.00 bits per heavy atom. The first kappa shape index (κ1) is 32.0. The largest absolute Gasteiger partial charge is 0.508 e. The van der Waals surface area contributed by atoms with Gasteiger partial charge in [0.25, 0.3) is 11.8 Å².